The van der Waals surface area contributed by atoms with Crippen LogP contribution in [0.2, 0.25) is 0 Å². The van der Waals surface area contributed by atoms with Gasteiger partial charge in [-0.25, -0.2) is 14.4 Å². The number of hydrogen-bond donors (Lipinski definition) is 5. The molecule has 10 nitrogen and oxygen atoms in total. The van der Waals surface area contributed by atoms with E-state index in [4.69, 9.17) is 15.9 Å². The summed E-state index contributed by atoms with van der Waals surface area (Å²) in [7, 11) is 0. The Kier molecular flexibility index (Phi) is 9.28. The number of carbonyl (C=O) groups excluding carboxylic acids is 2. The number of nitrogens with one attached hydrogen (secondary N) is 2. The second kappa shape index (κ2) is 13.2. The van der Waals surface area contributed by atoms with E-state index >= 15 is 0 Å². The van der Waals surface area contributed by atoms with Gasteiger partial charge in [0.05, 0.1) is 6.54 Å². The molecule has 0 aliphatic carbocycles. The minimum absolute atomic E-state index is 0.191. The van der Waals surface area contributed by atoms with Gasteiger partial charge >= 0.3 is 18.0 Å². The van der Waals surface area contributed by atoms with Crippen molar-refractivity contribution < 1.29 is 29.4 Å². The van der Waals surface area contributed by atoms with Crippen molar-refractivity contribution in [3.8, 4) is 11.1 Å². The van der Waals surface area contributed by atoms with E-state index in [0.29, 0.717) is 25.1 Å². The number of benzene rings is 3. The summed E-state index contributed by atoms with van der Waals surface area (Å²) < 4.78 is 0. The summed E-state index contributed by atoms with van der Waals surface area (Å²) in [6.45, 7) is 0.837. The maximum atomic E-state index is 13.0. The van der Waals surface area contributed by atoms with Gasteiger partial charge in [-0.15, -0.1) is 0 Å². The lowest BCUT2D eigenvalue weighted by Crippen LogP contribution is -2.32. The highest BCUT2D eigenvalue weighted by atomic mass is 16.4. The third kappa shape index (κ3) is 7.46. The smallest absolute Gasteiger partial charge is 0.328 e. The number of urea groups is 1. The molecule has 1 aliphatic heterocycles. The van der Waals surface area contributed by atoms with Gasteiger partial charge in [0.25, 0.3) is 5.91 Å². The van der Waals surface area contributed by atoms with E-state index < -0.39 is 18.0 Å². The van der Waals surface area contributed by atoms with Crippen LogP contribution in [0.1, 0.15) is 16.7 Å². The zero-order valence-corrected chi connectivity index (χ0v) is 22.1. The summed E-state index contributed by atoms with van der Waals surface area (Å²) in [5, 5.41) is 19.6. The van der Waals surface area contributed by atoms with E-state index in [1.807, 2.05) is 60.8 Å². The summed E-state index contributed by atoms with van der Waals surface area (Å²) in [6.07, 6.45) is 4.34. The summed E-state index contributed by atoms with van der Waals surface area (Å²) in [4.78, 5) is 49.2. The van der Waals surface area contributed by atoms with Crippen molar-refractivity contribution in [2.24, 2.45) is 5.73 Å². The van der Waals surface area contributed by atoms with Crippen molar-refractivity contribution in [1.82, 2.24) is 15.2 Å². The number of carboxylic acids is 2. The number of aliphatic carboxylic acids is 2. The van der Waals surface area contributed by atoms with Crippen LogP contribution in [0.15, 0.2) is 91.1 Å². The first kappa shape index (κ1) is 28.8. The molecule has 1 aromatic heterocycles. The Bertz CT molecular complexity index is 1560. The highest BCUT2D eigenvalue weighted by Crippen LogP contribution is 2.24. The van der Waals surface area contributed by atoms with Crippen LogP contribution in [0.4, 0.5) is 4.79 Å². The molecule has 0 saturated carbocycles. The van der Waals surface area contributed by atoms with Gasteiger partial charge in [0.1, 0.15) is 6.04 Å². The van der Waals surface area contributed by atoms with Crippen molar-refractivity contribution in [3.05, 3.63) is 108 Å². The van der Waals surface area contributed by atoms with Crippen molar-refractivity contribution in [1.29, 1.82) is 0 Å². The molecule has 2 heterocycles. The quantitative estimate of drug-likeness (QED) is 0.155. The molecule has 3 aromatic carbocycles. The maximum Gasteiger partial charge on any atom is 0.328 e. The lowest BCUT2D eigenvalue weighted by molar-refractivity contribution is -0.134. The van der Waals surface area contributed by atoms with Crippen LogP contribution in [-0.2, 0) is 33.8 Å². The second-order valence-corrected chi connectivity index (χ2v) is 9.44. The molecule has 3 amide bonds. The van der Waals surface area contributed by atoms with Gasteiger partial charge in [0.15, 0.2) is 0 Å². The number of aromatic nitrogens is 1. The van der Waals surface area contributed by atoms with Gasteiger partial charge in [-0.05, 0) is 52.9 Å². The molecule has 0 bridgehead atoms. The summed E-state index contributed by atoms with van der Waals surface area (Å²) in [6, 6.07) is 23.3. The molecule has 1 fully saturated rings. The lowest BCUT2D eigenvalue weighted by atomic mass is 10.0. The van der Waals surface area contributed by atoms with Crippen LogP contribution in [-0.4, -0.2) is 56.6 Å². The molecule has 6 N–H and O–H groups in total. The molecule has 10 heteroatoms. The number of H-pyrrole nitrogens is 1. The Hall–Kier alpha value is -5.22. The topological polar surface area (TPSA) is 166 Å². The number of nitrogens with two attached hydrogens (primary N) is 1. The molecule has 0 radical (unpaired) electrons. The van der Waals surface area contributed by atoms with E-state index in [9.17, 15) is 19.2 Å². The summed E-state index contributed by atoms with van der Waals surface area (Å²) in [5.74, 6) is -2.71. The molecule has 210 valence electrons. The molecule has 1 aliphatic rings. The number of imide groups is 1. The van der Waals surface area contributed by atoms with Gasteiger partial charge in [-0.3, -0.25) is 9.69 Å². The highest BCUT2D eigenvalue weighted by molar-refractivity contribution is 6.04. The van der Waals surface area contributed by atoms with E-state index in [1.54, 1.807) is 0 Å². The van der Waals surface area contributed by atoms with E-state index in [-0.39, 0.29) is 18.5 Å². The number of carbonyl (C=O) groups is 4. The summed E-state index contributed by atoms with van der Waals surface area (Å²) in [5.41, 5.74) is 12.1. The lowest BCUT2D eigenvalue weighted by Gasteiger charge is -2.14. The number of rotatable bonds is 9. The largest absolute Gasteiger partial charge is 0.478 e. The van der Waals surface area contributed by atoms with E-state index in [2.05, 4.69) is 28.5 Å². The Morgan fingerprint density at radius 2 is 1.51 bits per heavy atom. The van der Waals surface area contributed by atoms with Crippen LogP contribution < -0.4 is 11.1 Å². The number of amides is 3. The maximum absolute atomic E-state index is 13.0. The van der Waals surface area contributed by atoms with Gasteiger partial charge in [-0.1, -0.05) is 60.7 Å². The Labute approximate surface area is 236 Å². The summed E-state index contributed by atoms with van der Waals surface area (Å²) >= 11 is 0. The van der Waals surface area contributed by atoms with Crippen LogP contribution >= 0.6 is 0 Å². The molecule has 1 unspecified atom stereocenters. The van der Waals surface area contributed by atoms with Crippen LogP contribution in [0.25, 0.3) is 22.0 Å². The third-order valence-electron chi connectivity index (χ3n) is 6.56. The molecular weight excluding hydrogens is 524 g/mol. The zero-order valence-electron chi connectivity index (χ0n) is 22.1. The van der Waals surface area contributed by atoms with Gasteiger partial charge < -0.3 is 26.2 Å². The normalized spacial score (nSPS) is 14.7. The average molecular weight is 555 g/mol. The SMILES string of the molecule is NCCc1c[nH]c2ccc(CC3NC(=O)N(Cc4ccc(-c5ccccc5)cc4)C3=O)cc12.O=C(O)/C=C\C(=O)O. The Morgan fingerprint density at radius 1 is 0.878 bits per heavy atom. The fourth-order valence-corrected chi connectivity index (χ4v) is 4.57. The predicted molar refractivity (Wildman–Crippen MR) is 154 cm³/mol. The third-order valence-corrected chi connectivity index (χ3v) is 6.56. The minimum Gasteiger partial charge on any atom is -0.478 e. The Balaban J connectivity index is 0.000000426. The first-order valence-corrected chi connectivity index (χ1v) is 12.9. The van der Waals surface area contributed by atoms with Gasteiger partial charge in [-0.2, -0.15) is 0 Å². The standard InChI is InChI=1S/C27H26N4O2.C4H4O4/c28-13-12-22-16-29-24-11-8-19(14-23(22)24)15-25-26(32)31(27(33)30-25)17-18-6-9-21(10-7-18)20-4-2-1-3-5-20;5-3(6)1-2-4(7)8/h1-11,14,16,25,29H,12-13,15,17,28H2,(H,30,33);1-2H,(H,5,6)(H,7,8)/b;2-1-. The number of carboxylic acid groups (broad SMARTS) is 2. The first-order valence-electron chi connectivity index (χ1n) is 12.9. The van der Waals surface area contributed by atoms with Crippen molar-refractivity contribution in [3.63, 3.8) is 0 Å². The van der Waals surface area contributed by atoms with E-state index in [0.717, 1.165) is 45.1 Å². The molecule has 1 saturated heterocycles. The van der Waals surface area contributed by atoms with Crippen LogP contribution in [0, 0.1) is 0 Å². The first-order chi connectivity index (χ1) is 19.7. The fraction of sp³-hybridized carbons (Fsp3) is 0.161. The van der Waals surface area contributed by atoms with E-state index in [1.165, 1.54) is 4.90 Å². The van der Waals surface area contributed by atoms with Crippen molar-refractivity contribution >= 4 is 34.8 Å². The number of aromatic amines is 1. The number of nitrogens with zero attached hydrogens (tertiary/aromatic N) is 1. The van der Waals surface area contributed by atoms with Gasteiger partial charge in [0.2, 0.25) is 0 Å². The second-order valence-electron chi connectivity index (χ2n) is 9.44. The molecule has 5 rings (SSSR count). The highest BCUT2D eigenvalue weighted by Gasteiger charge is 2.37. The monoisotopic (exact) mass is 554 g/mol. The van der Waals surface area contributed by atoms with Crippen LogP contribution in [0.3, 0.4) is 0 Å². The Morgan fingerprint density at radius 3 is 2.15 bits per heavy atom. The number of fused-ring (bicyclic) bond motifs is 1. The fourth-order valence-electron chi connectivity index (χ4n) is 4.57. The molecule has 41 heavy (non-hydrogen) atoms. The zero-order chi connectivity index (χ0) is 29.4. The predicted octanol–water partition coefficient (Wildman–Crippen LogP) is 3.71. The van der Waals surface area contributed by atoms with Crippen molar-refractivity contribution in [2.45, 2.75) is 25.4 Å². The molecule has 4 aromatic rings. The molecule has 1 atom stereocenters. The minimum atomic E-state index is -1.26. The number of hydrogen-bond acceptors (Lipinski definition) is 5. The molecular formula is C31H30N4O6. The van der Waals surface area contributed by atoms with Crippen molar-refractivity contribution in [2.75, 3.05) is 6.54 Å². The van der Waals surface area contributed by atoms with Crippen LogP contribution in [0.5, 0.6) is 0 Å². The van der Waals surface area contributed by atoms with Gasteiger partial charge in [0, 0.05) is 35.7 Å². The molecule has 0 spiro atoms. The average Bonchev–Trinajstić information content (AvgIpc) is 3.48.